The molecule has 5 nitrogen and oxygen atoms in total. The average Bonchev–Trinajstić information content (AvgIpc) is 3.22. The average molecular weight is 473 g/mol. The monoisotopic (exact) mass is 472 g/mol. The number of nitrogens with zero attached hydrogens (tertiary/aromatic N) is 4. The van der Waals surface area contributed by atoms with Crippen LogP contribution in [0.4, 0.5) is 0 Å². The molecule has 0 spiro atoms. The van der Waals surface area contributed by atoms with Crippen LogP contribution in [0.3, 0.4) is 0 Å². The molecule has 0 atom stereocenters. The SMILES string of the molecule is N#Cc1ccc(Cn2cncc2CCN2CCOCC2)cc1Sc1ccc(Cl)cc1Cl. The zero-order valence-electron chi connectivity index (χ0n) is 16.9. The fourth-order valence-electron chi connectivity index (χ4n) is 3.51. The van der Waals surface area contributed by atoms with Gasteiger partial charge in [0.15, 0.2) is 0 Å². The van der Waals surface area contributed by atoms with Gasteiger partial charge in [-0.25, -0.2) is 4.98 Å². The maximum atomic E-state index is 9.55. The van der Waals surface area contributed by atoms with Gasteiger partial charge in [-0.05, 0) is 35.9 Å². The van der Waals surface area contributed by atoms with Crippen LogP contribution in [0.15, 0.2) is 58.7 Å². The highest BCUT2D eigenvalue weighted by Crippen LogP contribution is 2.36. The Kier molecular flexibility index (Phi) is 7.54. The molecule has 1 saturated heterocycles. The first kappa shape index (κ1) is 22.2. The molecule has 1 aromatic heterocycles. The summed E-state index contributed by atoms with van der Waals surface area (Å²) < 4.78 is 7.60. The Morgan fingerprint density at radius 1 is 1.10 bits per heavy atom. The van der Waals surface area contributed by atoms with Crippen LogP contribution in [0, 0.1) is 11.3 Å². The fourth-order valence-corrected chi connectivity index (χ4v) is 5.00. The van der Waals surface area contributed by atoms with Crippen molar-refractivity contribution in [3.8, 4) is 6.07 Å². The van der Waals surface area contributed by atoms with Crippen molar-refractivity contribution in [1.29, 1.82) is 5.26 Å². The van der Waals surface area contributed by atoms with E-state index in [0.717, 1.165) is 54.6 Å². The highest BCUT2D eigenvalue weighted by molar-refractivity contribution is 7.99. The van der Waals surface area contributed by atoms with Gasteiger partial charge in [0, 0.05) is 59.3 Å². The summed E-state index contributed by atoms with van der Waals surface area (Å²) in [6.45, 7) is 5.28. The second kappa shape index (κ2) is 10.5. The van der Waals surface area contributed by atoms with Crippen molar-refractivity contribution in [2.24, 2.45) is 0 Å². The lowest BCUT2D eigenvalue weighted by molar-refractivity contribution is 0.0382. The van der Waals surface area contributed by atoms with Gasteiger partial charge in [0.25, 0.3) is 0 Å². The number of aromatic nitrogens is 2. The summed E-state index contributed by atoms with van der Waals surface area (Å²) in [6, 6.07) is 13.6. The Bertz CT molecular complexity index is 1090. The minimum atomic E-state index is 0.576. The van der Waals surface area contributed by atoms with Gasteiger partial charge in [-0.2, -0.15) is 5.26 Å². The zero-order valence-corrected chi connectivity index (χ0v) is 19.3. The first-order chi connectivity index (χ1) is 15.1. The molecular weight excluding hydrogens is 451 g/mol. The van der Waals surface area contributed by atoms with Gasteiger partial charge < -0.3 is 9.30 Å². The van der Waals surface area contributed by atoms with E-state index in [0.29, 0.717) is 22.2 Å². The molecular formula is C23H22Cl2N4OS. The van der Waals surface area contributed by atoms with E-state index >= 15 is 0 Å². The van der Waals surface area contributed by atoms with Crippen LogP contribution < -0.4 is 0 Å². The maximum Gasteiger partial charge on any atom is 0.100 e. The summed E-state index contributed by atoms with van der Waals surface area (Å²) in [6.07, 6.45) is 4.75. The lowest BCUT2D eigenvalue weighted by Crippen LogP contribution is -2.37. The number of imidazole rings is 1. The third-order valence-electron chi connectivity index (χ3n) is 5.22. The molecule has 31 heavy (non-hydrogen) atoms. The van der Waals surface area contributed by atoms with Crippen molar-refractivity contribution in [3.63, 3.8) is 0 Å². The number of hydrogen-bond acceptors (Lipinski definition) is 5. The Morgan fingerprint density at radius 3 is 2.71 bits per heavy atom. The molecule has 2 aromatic carbocycles. The van der Waals surface area contributed by atoms with E-state index in [9.17, 15) is 5.26 Å². The minimum absolute atomic E-state index is 0.576. The number of halogens is 2. The molecule has 1 aliphatic heterocycles. The predicted molar refractivity (Wildman–Crippen MR) is 124 cm³/mol. The van der Waals surface area contributed by atoms with Crippen LogP contribution in [0.1, 0.15) is 16.8 Å². The van der Waals surface area contributed by atoms with Gasteiger partial charge >= 0.3 is 0 Å². The second-order valence-electron chi connectivity index (χ2n) is 7.34. The first-order valence-electron chi connectivity index (χ1n) is 10.1. The number of rotatable bonds is 7. The number of nitriles is 1. The summed E-state index contributed by atoms with van der Waals surface area (Å²) in [5.41, 5.74) is 2.93. The van der Waals surface area contributed by atoms with E-state index < -0.39 is 0 Å². The fraction of sp³-hybridized carbons (Fsp3) is 0.304. The molecule has 0 saturated carbocycles. The molecule has 0 radical (unpaired) electrons. The number of benzene rings is 2. The largest absolute Gasteiger partial charge is 0.379 e. The Morgan fingerprint density at radius 2 is 1.94 bits per heavy atom. The summed E-state index contributed by atoms with van der Waals surface area (Å²) in [7, 11) is 0. The molecule has 0 unspecified atom stereocenters. The topological polar surface area (TPSA) is 54.1 Å². The highest BCUT2D eigenvalue weighted by atomic mass is 35.5. The summed E-state index contributed by atoms with van der Waals surface area (Å²) in [5.74, 6) is 0. The molecule has 0 amide bonds. The first-order valence-corrected chi connectivity index (χ1v) is 11.6. The van der Waals surface area contributed by atoms with E-state index in [1.54, 1.807) is 12.1 Å². The Labute approximate surface area is 196 Å². The summed E-state index contributed by atoms with van der Waals surface area (Å²) in [4.78, 5) is 8.53. The van der Waals surface area contributed by atoms with Gasteiger partial charge in [0.05, 0.1) is 30.1 Å². The summed E-state index contributed by atoms with van der Waals surface area (Å²) >= 11 is 13.8. The van der Waals surface area contributed by atoms with Gasteiger partial charge in [-0.15, -0.1) is 0 Å². The molecule has 3 aromatic rings. The van der Waals surface area contributed by atoms with Crippen LogP contribution in [0.2, 0.25) is 10.0 Å². The maximum absolute atomic E-state index is 9.55. The number of ether oxygens (including phenoxy) is 1. The number of hydrogen-bond donors (Lipinski definition) is 0. The second-order valence-corrected chi connectivity index (χ2v) is 9.26. The van der Waals surface area contributed by atoms with Crippen molar-refractivity contribution in [2.75, 3.05) is 32.8 Å². The minimum Gasteiger partial charge on any atom is -0.379 e. The molecule has 1 aliphatic rings. The van der Waals surface area contributed by atoms with Gasteiger partial charge in [0.1, 0.15) is 6.07 Å². The van der Waals surface area contributed by atoms with Crippen LogP contribution in [-0.4, -0.2) is 47.3 Å². The molecule has 1 fully saturated rings. The van der Waals surface area contributed by atoms with Crippen molar-refractivity contribution < 1.29 is 4.74 Å². The van der Waals surface area contributed by atoms with Crippen LogP contribution in [0.5, 0.6) is 0 Å². The molecule has 160 valence electrons. The van der Waals surface area contributed by atoms with Crippen molar-refractivity contribution in [3.05, 3.63) is 75.8 Å². The molecule has 0 bridgehead atoms. The molecule has 4 rings (SSSR count). The van der Waals surface area contributed by atoms with Gasteiger partial charge in [0.2, 0.25) is 0 Å². The van der Waals surface area contributed by atoms with E-state index in [2.05, 4.69) is 26.6 Å². The molecule has 2 heterocycles. The standard InChI is InChI=1S/C23H22Cl2N4OS/c24-19-3-4-22(21(25)12-19)31-23-11-17(1-2-18(23)13-26)15-29-16-27-14-20(29)5-6-28-7-9-30-10-8-28/h1-4,11-12,14,16H,5-10,15H2. The third-order valence-corrected chi connectivity index (χ3v) is 7.01. The van der Waals surface area contributed by atoms with E-state index in [4.69, 9.17) is 27.9 Å². The van der Waals surface area contributed by atoms with Crippen molar-refractivity contribution >= 4 is 35.0 Å². The van der Waals surface area contributed by atoms with Crippen LogP contribution in [-0.2, 0) is 17.7 Å². The Hall–Kier alpha value is -2.01. The van der Waals surface area contributed by atoms with E-state index in [1.165, 1.54) is 17.5 Å². The van der Waals surface area contributed by atoms with Crippen molar-refractivity contribution in [2.45, 2.75) is 22.8 Å². The highest BCUT2D eigenvalue weighted by Gasteiger charge is 2.13. The predicted octanol–water partition coefficient (Wildman–Crippen LogP) is 5.14. The zero-order chi connectivity index (χ0) is 21.6. The number of morpholine rings is 1. The lowest BCUT2D eigenvalue weighted by atomic mass is 10.1. The van der Waals surface area contributed by atoms with Crippen molar-refractivity contribution in [1.82, 2.24) is 14.5 Å². The third kappa shape index (κ3) is 5.82. The van der Waals surface area contributed by atoms with E-state index in [-0.39, 0.29) is 0 Å². The summed E-state index contributed by atoms with van der Waals surface area (Å²) in [5, 5.41) is 10.7. The molecule has 0 aliphatic carbocycles. The van der Waals surface area contributed by atoms with Crippen LogP contribution >= 0.6 is 35.0 Å². The Balaban J connectivity index is 1.49. The molecule has 8 heteroatoms. The lowest BCUT2D eigenvalue weighted by Gasteiger charge is -2.26. The van der Waals surface area contributed by atoms with Gasteiger partial charge in [-0.1, -0.05) is 41.0 Å². The smallest absolute Gasteiger partial charge is 0.100 e. The van der Waals surface area contributed by atoms with E-state index in [1.807, 2.05) is 30.7 Å². The van der Waals surface area contributed by atoms with Crippen LogP contribution in [0.25, 0.3) is 0 Å². The normalized spacial score (nSPS) is 14.5. The van der Waals surface area contributed by atoms with Gasteiger partial charge in [-0.3, -0.25) is 4.90 Å². The quantitative estimate of drug-likeness (QED) is 0.476. The molecule has 0 N–H and O–H groups in total.